The molecule has 1 atom stereocenters. The Kier molecular flexibility index (Phi) is 4.05. The lowest BCUT2D eigenvalue weighted by atomic mass is 9.97. The summed E-state index contributed by atoms with van der Waals surface area (Å²) in [5, 5.41) is 8.94. The Morgan fingerprint density at radius 2 is 1.89 bits per heavy atom. The second kappa shape index (κ2) is 4.87. The topological polar surface area (TPSA) is 91.8 Å². The summed E-state index contributed by atoms with van der Waals surface area (Å²) in [6.45, 7) is 3.22. The van der Waals surface area contributed by atoms with E-state index in [1.165, 1.54) is 18.7 Å². The van der Waals surface area contributed by atoms with Crippen molar-refractivity contribution in [3.05, 3.63) is 0 Å². The van der Waals surface area contributed by atoms with Crippen LogP contribution in [0.15, 0.2) is 0 Å². The number of rotatable bonds is 3. The second-order valence-electron chi connectivity index (χ2n) is 5.21. The number of carbonyl (C=O) groups is 2. The highest BCUT2D eigenvalue weighted by molar-refractivity contribution is 7.92. The molecule has 0 bridgehead atoms. The van der Waals surface area contributed by atoms with Gasteiger partial charge < -0.3 is 10.0 Å². The van der Waals surface area contributed by atoms with Gasteiger partial charge in [0, 0.05) is 19.3 Å². The number of hydrogen-bond acceptors (Lipinski definition) is 4. The fourth-order valence-corrected chi connectivity index (χ4v) is 2.35. The van der Waals surface area contributed by atoms with Crippen LogP contribution in [0.3, 0.4) is 0 Å². The Hall–Kier alpha value is -1.11. The number of carboxylic acid groups (broad SMARTS) is 1. The number of nitrogens with zero attached hydrogens (tertiary/aromatic N) is 1. The van der Waals surface area contributed by atoms with Gasteiger partial charge in [0.2, 0.25) is 5.91 Å². The van der Waals surface area contributed by atoms with Crippen LogP contribution < -0.4 is 0 Å². The SMILES string of the molecule is CC(C)(C(=O)N1CCC[C@H](C(=O)O)C1)S(C)(=O)=O. The largest absolute Gasteiger partial charge is 0.481 e. The first kappa shape index (κ1) is 14.9. The van der Waals surface area contributed by atoms with Crippen molar-refractivity contribution < 1.29 is 23.1 Å². The van der Waals surface area contributed by atoms with E-state index < -0.39 is 32.4 Å². The maximum Gasteiger partial charge on any atom is 0.308 e. The van der Waals surface area contributed by atoms with Crippen molar-refractivity contribution in [2.45, 2.75) is 31.4 Å². The van der Waals surface area contributed by atoms with Crippen LogP contribution in [-0.2, 0) is 19.4 Å². The van der Waals surface area contributed by atoms with Crippen LogP contribution in [0, 0.1) is 5.92 Å². The van der Waals surface area contributed by atoms with E-state index in [0.717, 1.165) is 6.26 Å². The van der Waals surface area contributed by atoms with E-state index in [-0.39, 0.29) is 6.54 Å². The lowest BCUT2D eigenvalue weighted by Gasteiger charge is -2.35. The Balaban J connectivity index is 2.88. The summed E-state index contributed by atoms with van der Waals surface area (Å²) in [5.74, 6) is -2.06. The van der Waals surface area contributed by atoms with Crippen molar-refractivity contribution in [1.29, 1.82) is 0 Å². The quantitative estimate of drug-likeness (QED) is 0.792. The molecule has 0 aromatic heterocycles. The number of amides is 1. The number of aliphatic carboxylic acids is 1. The van der Waals surface area contributed by atoms with E-state index in [1.807, 2.05) is 0 Å². The summed E-state index contributed by atoms with van der Waals surface area (Å²) < 4.78 is 21.7. The molecule has 1 aliphatic heterocycles. The number of piperidine rings is 1. The summed E-state index contributed by atoms with van der Waals surface area (Å²) in [4.78, 5) is 24.5. The third-order valence-electron chi connectivity index (χ3n) is 3.50. The Morgan fingerprint density at radius 1 is 1.33 bits per heavy atom. The summed E-state index contributed by atoms with van der Waals surface area (Å²) in [5.41, 5.74) is 0. The molecular weight excluding hydrogens is 258 g/mol. The highest BCUT2D eigenvalue weighted by atomic mass is 32.2. The summed E-state index contributed by atoms with van der Waals surface area (Å²) in [6, 6.07) is 0. The van der Waals surface area contributed by atoms with Crippen LogP contribution in [0.4, 0.5) is 0 Å². The minimum Gasteiger partial charge on any atom is -0.481 e. The summed E-state index contributed by atoms with van der Waals surface area (Å²) in [6.07, 6.45) is 2.13. The molecule has 0 aromatic rings. The lowest BCUT2D eigenvalue weighted by molar-refractivity contribution is -0.146. The third-order valence-corrected chi connectivity index (χ3v) is 5.53. The van der Waals surface area contributed by atoms with E-state index in [1.54, 1.807) is 0 Å². The average Bonchev–Trinajstić information content (AvgIpc) is 2.26. The van der Waals surface area contributed by atoms with Gasteiger partial charge in [-0.2, -0.15) is 0 Å². The van der Waals surface area contributed by atoms with Gasteiger partial charge in [-0.15, -0.1) is 0 Å². The summed E-state index contributed by atoms with van der Waals surface area (Å²) >= 11 is 0. The van der Waals surface area contributed by atoms with E-state index >= 15 is 0 Å². The zero-order valence-corrected chi connectivity index (χ0v) is 11.7. The highest BCUT2D eigenvalue weighted by Gasteiger charge is 2.43. The van der Waals surface area contributed by atoms with Crippen LogP contribution in [0.25, 0.3) is 0 Å². The van der Waals surface area contributed by atoms with Crippen molar-refractivity contribution in [2.75, 3.05) is 19.3 Å². The molecule has 1 N–H and O–H groups in total. The Bertz CT molecular complexity index is 454. The first-order valence-corrected chi connectivity index (χ1v) is 7.68. The number of hydrogen-bond donors (Lipinski definition) is 1. The van der Waals surface area contributed by atoms with E-state index in [9.17, 15) is 18.0 Å². The molecule has 6 nitrogen and oxygen atoms in total. The van der Waals surface area contributed by atoms with Gasteiger partial charge in [0.25, 0.3) is 0 Å². The van der Waals surface area contributed by atoms with Gasteiger partial charge in [-0.3, -0.25) is 9.59 Å². The first-order valence-electron chi connectivity index (χ1n) is 5.79. The molecule has 18 heavy (non-hydrogen) atoms. The molecule has 1 saturated heterocycles. The van der Waals surface area contributed by atoms with Crippen LogP contribution >= 0.6 is 0 Å². The molecule has 104 valence electrons. The van der Waals surface area contributed by atoms with Crippen molar-refractivity contribution >= 4 is 21.7 Å². The molecule has 0 saturated carbocycles. The molecule has 1 amide bonds. The highest BCUT2D eigenvalue weighted by Crippen LogP contribution is 2.23. The Labute approximate surface area is 107 Å². The molecule has 7 heteroatoms. The maximum atomic E-state index is 12.2. The summed E-state index contributed by atoms with van der Waals surface area (Å²) in [7, 11) is -3.53. The second-order valence-corrected chi connectivity index (χ2v) is 7.78. The number of carboxylic acids is 1. The third kappa shape index (κ3) is 2.82. The van der Waals surface area contributed by atoms with Gasteiger partial charge in [0.15, 0.2) is 9.84 Å². The van der Waals surface area contributed by atoms with E-state index in [0.29, 0.717) is 19.4 Å². The molecule has 1 rings (SSSR count). The minimum absolute atomic E-state index is 0.0904. The molecule has 0 spiro atoms. The van der Waals surface area contributed by atoms with Crippen molar-refractivity contribution in [2.24, 2.45) is 5.92 Å². The van der Waals surface area contributed by atoms with Gasteiger partial charge in [0.05, 0.1) is 5.92 Å². The molecule has 0 aromatic carbocycles. The average molecular weight is 277 g/mol. The molecule has 0 radical (unpaired) electrons. The zero-order valence-electron chi connectivity index (χ0n) is 10.8. The van der Waals surface area contributed by atoms with Crippen LogP contribution in [0.2, 0.25) is 0 Å². The predicted octanol–water partition coefficient (Wildman–Crippen LogP) is 0.133. The molecule has 0 aliphatic carbocycles. The fourth-order valence-electron chi connectivity index (χ4n) is 1.90. The van der Waals surface area contributed by atoms with Gasteiger partial charge in [0.1, 0.15) is 4.75 Å². The molecule has 0 unspecified atom stereocenters. The predicted molar refractivity (Wildman–Crippen MR) is 65.9 cm³/mol. The van der Waals surface area contributed by atoms with Crippen LogP contribution in [0.5, 0.6) is 0 Å². The van der Waals surface area contributed by atoms with Gasteiger partial charge in [-0.1, -0.05) is 0 Å². The zero-order chi connectivity index (χ0) is 14.1. The number of carbonyl (C=O) groups excluding carboxylic acids is 1. The normalized spacial score (nSPS) is 21.7. The number of likely N-dealkylation sites (tertiary alicyclic amines) is 1. The van der Waals surface area contributed by atoms with E-state index in [4.69, 9.17) is 5.11 Å². The standard InChI is InChI=1S/C11H19NO5S/c1-11(2,18(3,16)17)10(15)12-6-4-5-8(7-12)9(13)14/h8H,4-7H2,1-3H3,(H,13,14)/t8-/m0/s1. The van der Waals surface area contributed by atoms with Crippen molar-refractivity contribution in [1.82, 2.24) is 4.90 Å². The van der Waals surface area contributed by atoms with E-state index in [2.05, 4.69) is 0 Å². The molecule has 1 aliphatic rings. The van der Waals surface area contributed by atoms with Crippen molar-refractivity contribution in [3.63, 3.8) is 0 Å². The van der Waals surface area contributed by atoms with Gasteiger partial charge >= 0.3 is 5.97 Å². The van der Waals surface area contributed by atoms with Crippen LogP contribution in [-0.4, -0.2) is 54.4 Å². The smallest absolute Gasteiger partial charge is 0.308 e. The lowest BCUT2D eigenvalue weighted by Crippen LogP contribution is -2.53. The monoisotopic (exact) mass is 277 g/mol. The van der Waals surface area contributed by atoms with Gasteiger partial charge in [-0.25, -0.2) is 8.42 Å². The minimum atomic E-state index is -3.53. The first-order chi connectivity index (χ1) is 8.07. The Morgan fingerprint density at radius 3 is 2.33 bits per heavy atom. The van der Waals surface area contributed by atoms with Crippen molar-refractivity contribution in [3.8, 4) is 0 Å². The fraction of sp³-hybridized carbons (Fsp3) is 0.818. The number of sulfone groups is 1. The van der Waals surface area contributed by atoms with Gasteiger partial charge in [-0.05, 0) is 26.7 Å². The molecular formula is C11H19NO5S. The molecule has 1 fully saturated rings. The maximum absolute atomic E-state index is 12.2. The molecule has 1 heterocycles. The van der Waals surface area contributed by atoms with Crippen LogP contribution in [0.1, 0.15) is 26.7 Å².